The molecule has 0 spiro atoms. The van der Waals surface area contributed by atoms with Gasteiger partial charge in [0.15, 0.2) is 22.9 Å². The van der Waals surface area contributed by atoms with Gasteiger partial charge in [-0.25, -0.2) is 15.1 Å². The summed E-state index contributed by atoms with van der Waals surface area (Å²) in [5.41, 5.74) is 6.09. The van der Waals surface area contributed by atoms with Crippen molar-refractivity contribution in [2.45, 2.75) is 58.3 Å². The minimum atomic E-state index is 0.638. The molecule has 8 heteroatoms. The highest BCUT2D eigenvalue weighted by atomic mass is 16.4. The van der Waals surface area contributed by atoms with Crippen LogP contribution >= 0.6 is 0 Å². The van der Waals surface area contributed by atoms with Crippen molar-refractivity contribution in [1.82, 2.24) is 25.4 Å². The van der Waals surface area contributed by atoms with E-state index < -0.39 is 0 Å². The topological polar surface area (TPSA) is 106 Å². The second kappa shape index (κ2) is 11.1. The molecule has 0 aliphatic carbocycles. The molecule has 1 N–H and O–H groups in total. The Bertz CT molecular complexity index is 1400. The van der Waals surface area contributed by atoms with Gasteiger partial charge in [0, 0.05) is 31.4 Å². The number of nitrogens with zero attached hydrogens (tertiary/aromatic N) is 5. The molecule has 0 bridgehead atoms. The molecule has 8 nitrogen and oxygen atoms in total. The summed E-state index contributed by atoms with van der Waals surface area (Å²) >= 11 is 0. The molecular weight excluding hydrogens is 440 g/mol. The summed E-state index contributed by atoms with van der Waals surface area (Å²) in [5, 5.41) is 11.6. The van der Waals surface area contributed by atoms with Crippen LogP contribution in [-0.2, 0) is 25.7 Å². The molecule has 0 aliphatic heterocycles. The minimum Gasteiger partial charge on any atom is -0.441 e. The summed E-state index contributed by atoms with van der Waals surface area (Å²) in [6, 6.07) is 15.6. The van der Waals surface area contributed by atoms with Gasteiger partial charge < -0.3 is 8.83 Å². The molecule has 0 amide bonds. The molecule has 0 radical (unpaired) electrons. The smallest absolute Gasteiger partial charge is 0.195 e. The lowest BCUT2D eigenvalue weighted by Gasteiger charge is -2.07. The number of nitrogens with one attached hydrogen (secondary N) is 1. The second-order valence-corrected chi connectivity index (χ2v) is 8.68. The number of fused-ring (bicyclic) bond motifs is 2. The first-order valence-corrected chi connectivity index (χ1v) is 12.4. The monoisotopic (exact) mass is 470 g/mol. The number of benzene rings is 2. The average Bonchev–Trinajstić information content (AvgIpc) is 3.50. The molecule has 0 atom stereocenters. The lowest BCUT2D eigenvalue weighted by molar-refractivity contribution is 0.519. The number of aryl methyl sites for hydroxylation is 3. The van der Waals surface area contributed by atoms with Crippen LogP contribution in [-0.4, -0.2) is 31.9 Å². The fourth-order valence-corrected chi connectivity index (χ4v) is 4.23. The second-order valence-electron chi connectivity index (χ2n) is 8.68. The Morgan fingerprint density at radius 3 is 2.09 bits per heavy atom. The third-order valence-corrected chi connectivity index (χ3v) is 6.08. The zero-order chi connectivity index (χ0) is 23.9. The highest BCUT2D eigenvalue weighted by Gasteiger charge is 2.14. The highest BCUT2D eigenvalue weighted by Crippen LogP contribution is 2.18. The molecule has 0 fully saturated rings. The SMILES string of the molecule is CCCCCCN=c1[nH]nnc(CCc2nc3ccccc3o2)c1CCc1nc2ccccc2o1. The minimum absolute atomic E-state index is 0.638. The Hall–Kier alpha value is -3.81. The molecular formula is C27H30N6O2. The van der Waals surface area contributed by atoms with Crippen LogP contribution in [0.2, 0.25) is 0 Å². The van der Waals surface area contributed by atoms with Gasteiger partial charge >= 0.3 is 0 Å². The van der Waals surface area contributed by atoms with Gasteiger partial charge in [-0.1, -0.05) is 55.7 Å². The van der Waals surface area contributed by atoms with E-state index in [0.717, 1.165) is 51.9 Å². The molecule has 5 rings (SSSR count). The van der Waals surface area contributed by atoms with E-state index in [0.29, 0.717) is 37.5 Å². The lowest BCUT2D eigenvalue weighted by Crippen LogP contribution is -2.23. The van der Waals surface area contributed by atoms with Gasteiger partial charge in [0.05, 0.1) is 5.69 Å². The summed E-state index contributed by atoms with van der Waals surface area (Å²) in [5.74, 6) is 1.41. The first-order valence-electron chi connectivity index (χ1n) is 12.4. The zero-order valence-corrected chi connectivity index (χ0v) is 20.0. The van der Waals surface area contributed by atoms with Crippen molar-refractivity contribution in [1.29, 1.82) is 0 Å². The molecule has 0 saturated heterocycles. The Morgan fingerprint density at radius 1 is 0.771 bits per heavy atom. The third kappa shape index (κ3) is 5.65. The van der Waals surface area contributed by atoms with E-state index in [1.54, 1.807) is 0 Å². The van der Waals surface area contributed by atoms with Crippen molar-refractivity contribution in [3.8, 4) is 0 Å². The van der Waals surface area contributed by atoms with Crippen LogP contribution in [0, 0.1) is 0 Å². The van der Waals surface area contributed by atoms with E-state index in [2.05, 4.69) is 32.3 Å². The van der Waals surface area contributed by atoms with Gasteiger partial charge in [0.2, 0.25) is 0 Å². The van der Waals surface area contributed by atoms with E-state index in [1.807, 2.05) is 48.5 Å². The van der Waals surface area contributed by atoms with Gasteiger partial charge in [0.1, 0.15) is 16.5 Å². The maximum absolute atomic E-state index is 5.94. The number of aromatic amines is 1. The van der Waals surface area contributed by atoms with Gasteiger partial charge in [-0.3, -0.25) is 4.99 Å². The number of hydrogen-bond donors (Lipinski definition) is 1. The number of oxazole rings is 2. The summed E-state index contributed by atoms with van der Waals surface area (Å²) < 4.78 is 11.9. The van der Waals surface area contributed by atoms with E-state index in [1.165, 1.54) is 19.3 Å². The van der Waals surface area contributed by atoms with Crippen LogP contribution in [0.1, 0.15) is 55.6 Å². The Balaban J connectivity index is 1.37. The van der Waals surface area contributed by atoms with Crippen molar-refractivity contribution in [2.75, 3.05) is 6.54 Å². The first kappa shape index (κ1) is 23.0. The van der Waals surface area contributed by atoms with Crippen molar-refractivity contribution in [3.05, 3.63) is 77.1 Å². The van der Waals surface area contributed by atoms with Gasteiger partial charge in [-0.05, 0) is 37.1 Å². The summed E-state index contributed by atoms with van der Waals surface area (Å²) in [7, 11) is 0. The molecule has 180 valence electrons. The first-order chi connectivity index (χ1) is 17.3. The molecule has 2 aromatic carbocycles. The summed E-state index contributed by atoms with van der Waals surface area (Å²) in [6.45, 7) is 2.98. The van der Waals surface area contributed by atoms with E-state index in [9.17, 15) is 0 Å². The van der Waals surface area contributed by atoms with Gasteiger partial charge in [0.25, 0.3) is 0 Å². The number of aromatic nitrogens is 5. The predicted molar refractivity (Wildman–Crippen MR) is 134 cm³/mol. The van der Waals surface area contributed by atoms with Crippen LogP contribution < -0.4 is 5.49 Å². The maximum atomic E-state index is 5.94. The van der Waals surface area contributed by atoms with Crippen LogP contribution in [0.25, 0.3) is 22.2 Å². The van der Waals surface area contributed by atoms with Crippen molar-refractivity contribution >= 4 is 22.2 Å². The molecule has 3 aromatic heterocycles. The van der Waals surface area contributed by atoms with Crippen LogP contribution in [0.15, 0.2) is 62.4 Å². The van der Waals surface area contributed by atoms with Gasteiger partial charge in [-0.15, -0.1) is 5.10 Å². The number of H-pyrrole nitrogens is 1. The summed E-state index contributed by atoms with van der Waals surface area (Å²) in [6.07, 6.45) is 7.34. The predicted octanol–water partition coefficient (Wildman–Crippen LogP) is 5.14. The fraction of sp³-hybridized carbons (Fsp3) is 0.370. The van der Waals surface area contributed by atoms with Crippen molar-refractivity contribution < 1.29 is 8.83 Å². The Morgan fingerprint density at radius 2 is 1.43 bits per heavy atom. The zero-order valence-electron chi connectivity index (χ0n) is 20.0. The van der Waals surface area contributed by atoms with Gasteiger partial charge in [-0.2, -0.15) is 0 Å². The average molecular weight is 471 g/mol. The van der Waals surface area contributed by atoms with E-state index in [-0.39, 0.29) is 0 Å². The molecule has 3 heterocycles. The number of para-hydroxylation sites is 4. The maximum Gasteiger partial charge on any atom is 0.195 e. The Labute approximate surface area is 203 Å². The summed E-state index contributed by atoms with van der Waals surface area (Å²) in [4.78, 5) is 14.1. The molecule has 0 unspecified atom stereocenters. The molecule has 5 aromatic rings. The molecule has 35 heavy (non-hydrogen) atoms. The third-order valence-electron chi connectivity index (χ3n) is 6.08. The molecule has 0 saturated carbocycles. The highest BCUT2D eigenvalue weighted by molar-refractivity contribution is 5.72. The van der Waals surface area contributed by atoms with Crippen molar-refractivity contribution in [3.63, 3.8) is 0 Å². The number of rotatable bonds is 11. The number of hydrogen-bond acceptors (Lipinski definition) is 7. The number of unbranched alkanes of at least 4 members (excludes halogenated alkanes) is 3. The fourth-order valence-electron chi connectivity index (χ4n) is 4.23. The van der Waals surface area contributed by atoms with E-state index >= 15 is 0 Å². The standard InChI is InChI=1S/C27H30N6O2/c1-2-3-4-9-18-28-27-19(14-16-25-29-21-10-5-7-12-23(21)34-25)20(31-33-32-27)15-17-26-30-22-11-6-8-13-24(22)35-26/h5-8,10-13H,2-4,9,14-18H2,1H3,(H,28,31,32). The normalized spacial score (nSPS) is 12.2. The van der Waals surface area contributed by atoms with Crippen LogP contribution in [0.5, 0.6) is 0 Å². The van der Waals surface area contributed by atoms with Crippen molar-refractivity contribution in [2.24, 2.45) is 4.99 Å². The van der Waals surface area contributed by atoms with Crippen LogP contribution in [0.3, 0.4) is 0 Å². The largest absolute Gasteiger partial charge is 0.441 e. The Kier molecular flexibility index (Phi) is 7.27. The quantitative estimate of drug-likeness (QED) is 0.268. The lowest BCUT2D eigenvalue weighted by atomic mass is 10.1. The molecule has 0 aliphatic rings. The van der Waals surface area contributed by atoms with E-state index in [4.69, 9.17) is 13.8 Å². The van der Waals surface area contributed by atoms with Crippen LogP contribution in [0.4, 0.5) is 0 Å².